The van der Waals surface area contributed by atoms with Crippen molar-refractivity contribution in [2.45, 2.75) is 13.5 Å². The Labute approximate surface area is 200 Å². The molecule has 9 heteroatoms. The SMILES string of the molecule is Cc1ccc(NC(=O)/C(C#N)=C/c2cc(Cl)ccc2OCc2ccc([N+](=O)[O-])cc2)cc1Cl. The van der Waals surface area contributed by atoms with Crippen molar-refractivity contribution in [2.24, 2.45) is 0 Å². The van der Waals surface area contributed by atoms with Crippen molar-refractivity contribution in [2.75, 3.05) is 5.32 Å². The van der Waals surface area contributed by atoms with Gasteiger partial charge >= 0.3 is 0 Å². The van der Waals surface area contributed by atoms with E-state index in [1.54, 1.807) is 48.5 Å². The Hall–Kier alpha value is -3.86. The predicted octanol–water partition coefficient (Wildman–Crippen LogP) is 6.33. The number of nitro benzene ring substituents is 1. The number of aryl methyl sites for hydroxylation is 1. The summed E-state index contributed by atoms with van der Waals surface area (Å²) in [6.07, 6.45) is 1.38. The number of nitro groups is 1. The van der Waals surface area contributed by atoms with Crippen LogP contribution in [0.1, 0.15) is 16.7 Å². The lowest BCUT2D eigenvalue weighted by molar-refractivity contribution is -0.384. The van der Waals surface area contributed by atoms with Crippen LogP contribution in [-0.2, 0) is 11.4 Å². The number of benzene rings is 3. The maximum atomic E-state index is 12.6. The minimum atomic E-state index is -0.612. The van der Waals surface area contributed by atoms with Gasteiger partial charge in [0.15, 0.2) is 0 Å². The fourth-order valence-electron chi connectivity index (χ4n) is 2.81. The second-order valence-electron chi connectivity index (χ2n) is 6.98. The lowest BCUT2D eigenvalue weighted by atomic mass is 10.1. The highest BCUT2D eigenvalue weighted by molar-refractivity contribution is 6.31. The minimum absolute atomic E-state index is 0.0200. The summed E-state index contributed by atoms with van der Waals surface area (Å²) >= 11 is 12.2. The molecule has 3 rings (SSSR count). The summed E-state index contributed by atoms with van der Waals surface area (Å²) in [7, 11) is 0. The molecule has 0 heterocycles. The number of halogens is 2. The first-order chi connectivity index (χ1) is 15.8. The number of anilines is 1. The van der Waals surface area contributed by atoms with Crippen LogP contribution >= 0.6 is 23.2 Å². The highest BCUT2D eigenvalue weighted by Gasteiger charge is 2.13. The molecule has 0 aromatic heterocycles. The largest absolute Gasteiger partial charge is 0.488 e. The third kappa shape index (κ3) is 6.32. The zero-order valence-corrected chi connectivity index (χ0v) is 18.9. The van der Waals surface area contributed by atoms with Gasteiger partial charge in [-0.1, -0.05) is 29.3 Å². The van der Waals surface area contributed by atoms with Crippen LogP contribution in [0.3, 0.4) is 0 Å². The van der Waals surface area contributed by atoms with Crippen molar-refractivity contribution in [3.8, 4) is 11.8 Å². The van der Waals surface area contributed by atoms with Crippen LogP contribution in [0.15, 0.2) is 66.2 Å². The Morgan fingerprint density at radius 2 is 1.88 bits per heavy atom. The van der Waals surface area contributed by atoms with E-state index in [0.717, 1.165) is 5.56 Å². The van der Waals surface area contributed by atoms with Crippen LogP contribution in [0.4, 0.5) is 11.4 Å². The first-order valence-electron chi connectivity index (χ1n) is 9.62. The smallest absolute Gasteiger partial charge is 0.269 e. The number of nitrogens with one attached hydrogen (secondary N) is 1. The summed E-state index contributed by atoms with van der Waals surface area (Å²) in [6.45, 7) is 1.96. The molecule has 0 aliphatic carbocycles. The normalized spacial score (nSPS) is 10.9. The molecule has 0 aliphatic heterocycles. The number of carbonyl (C=O) groups is 1. The fourth-order valence-corrected chi connectivity index (χ4v) is 3.17. The second-order valence-corrected chi connectivity index (χ2v) is 7.83. The molecule has 0 saturated heterocycles. The van der Waals surface area contributed by atoms with E-state index in [4.69, 9.17) is 27.9 Å². The standard InChI is InChI=1S/C24H17Cl2N3O4/c1-15-2-6-20(12-22(15)26)28-24(30)18(13-27)10-17-11-19(25)5-9-23(17)33-14-16-3-7-21(8-4-16)29(31)32/h2-12H,14H2,1H3,(H,28,30)/b18-10+. The summed E-state index contributed by atoms with van der Waals surface area (Å²) in [5.74, 6) is -0.226. The molecule has 0 spiro atoms. The predicted molar refractivity (Wildman–Crippen MR) is 127 cm³/mol. The third-order valence-electron chi connectivity index (χ3n) is 4.61. The van der Waals surface area contributed by atoms with Crippen molar-refractivity contribution >= 4 is 46.6 Å². The molecule has 0 bridgehead atoms. The van der Waals surface area contributed by atoms with Crippen molar-refractivity contribution in [3.63, 3.8) is 0 Å². The lowest BCUT2D eigenvalue weighted by Crippen LogP contribution is -2.13. The highest BCUT2D eigenvalue weighted by Crippen LogP contribution is 2.27. The Balaban J connectivity index is 1.81. The first kappa shape index (κ1) is 23.8. The quantitative estimate of drug-likeness (QED) is 0.183. The van der Waals surface area contributed by atoms with E-state index in [0.29, 0.717) is 32.6 Å². The van der Waals surface area contributed by atoms with Gasteiger partial charge in [0.25, 0.3) is 11.6 Å². The van der Waals surface area contributed by atoms with Gasteiger partial charge in [0.2, 0.25) is 0 Å². The highest BCUT2D eigenvalue weighted by atomic mass is 35.5. The van der Waals surface area contributed by atoms with Crippen LogP contribution < -0.4 is 10.1 Å². The van der Waals surface area contributed by atoms with E-state index in [9.17, 15) is 20.2 Å². The van der Waals surface area contributed by atoms with Crippen molar-refractivity contribution in [3.05, 3.63) is 103 Å². The summed E-state index contributed by atoms with van der Waals surface area (Å²) in [4.78, 5) is 22.9. The molecule has 0 unspecified atom stereocenters. The molecule has 33 heavy (non-hydrogen) atoms. The number of carbonyl (C=O) groups excluding carboxylic acids is 1. The first-order valence-corrected chi connectivity index (χ1v) is 10.4. The molecule has 0 aliphatic rings. The zero-order chi connectivity index (χ0) is 24.0. The lowest BCUT2D eigenvalue weighted by Gasteiger charge is -2.11. The number of hydrogen-bond acceptors (Lipinski definition) is 5. The molecule has 7 nitrogen and oxygen atoms in total. The minimum Gasteiger partial charge on any atom is -0.488 e. The Morgan fingerprint density at radius 1 is 1.15 bits per heavy atom. The average molecular weight is 482 g/mol. The number of hydrogen-bond donors (Lipinski definition) is 1. The summed E-state index contributed by atoms with van der Waals surface area (Å²) < 4.78 is 5.82. The van der Waals surface area contributed by atoms with Gasteiger partial charge in [-0.15, -0.1) is 0 Å². The fraction of sp³-hybridized carbons (Fsp3) is 0.0833. The van der Waals surface area contributed by atoms with Crippen LogP contribution in [0.2, 0.25) is 10.0 Å². The monoisotopic (exact) mass is 481 g/mol. The van der Waals surface area contributed by atoms with E-state index in [1.165, 1.54) is 18.2 Å². The van der Waals surface area contributed by atoms with Gasteiger partial charge in [-0.05, 0) is 66.6 Å². The van der Waals surface area contributed by atoms with Gasteiger partial charge in [0.1, 0.15) is 24.0 Å². The van der Waals surface area contributed by atoms with E-state index in [-0.39, 0.29) is 17.9 Å². The molecule has 1 N–H and O–H groups in total. The van der Waals surface area contributed by atoms with Gasteiger partial charge < -0.3 is 10.1 Å². The summed E-state index contributed by atoms with van der Waals surface area (Å²) in [5.41, 5.74) is 2.28. The van der Waals surface area contributed by atoms with Gasteiger partial charge in [0.05, 0.1) is 4.92 Å². The number of nitrogens with zero attached hydrogens (tertiary/aromatic N) is 2. The average Bonchev–Trinajstić information content (AvgIpc) is 2.79. The summed E-state index contributed by atoms with van der Waals surface area (Å²) in [6, 6.07) is 17.7. The molecule has 3 aromatic carbocycles. The molecule has 3 aromatic rings. The van der Waals surface area contributed by atoms with Crippen LogP contribution in [-0.4, -0.2) is 10.8 Å². The number of nitriles is 1. The van der Waals surface area contributed by atoms with Gasteiger partial charge in [0, 0.05) is 33.4 Å². The zero-order valence-electron chi connectivity index (χ0n) is 17.3. The van der Waals surface area contributed by atoms with E-state index < -0.39 is 10.8 Å². The molecule has 0 saturated carbocycles. The van der Waals surface area contributed by atoms with E-state index >= 15 is 0 Å². The topological polar surface area (TPSA) is 105 Å². The number of amides is 1. The van der Waals surface area contributed by atoms with Gasteiger partial charge in [-0.3, -0.25) is 14.9 Å². The Kier molecular flexibility index (Phi) is 7.67. The molecule has 166 valence electrons. The van der Waals surface area contributed by atoms with Crippen LogP contribution in [0.25, 0.3) is 6.08 Å². The molecular formula is C24H17Cl2N3O4. The van der Waals surface area contributed by atoms with Crippen LogP contribution in [0.5, 0.6) is 5.75 Å². The maximum absolute atomic E-state index is 12.6. The van der Waals surface area contributed by atoms with Crippen molar-refractivity contribution in [1.82, 2.24) is 0 Å². The van der Waals surface area contributed by atoms with Gasteiger partial charge in [-0.2, -0.15) is 5.26 Å². The number of ether oxygens (including phenoxy) is 1. The number of non-ortho nitro benzene ring substituents is 1. The van der Waals surface area contributed by atoms with Crippen LogP contribution in [0, 0.1) is 28.4 Å². The second kappa shape index (κ2) is 10.6. The molecule has 1 amide bonds. The van der Waals surface area contributed by atoms with Crippen molar-refractivity contribution in [1.29, 1.82) is 5.26 Å². The third-order valence-corrected chi connectivity index (χ3v) is 5.25. The van der Waals surface area contributed by atoms with Gasteiger partial charge in [-0.25, -0.2) is 0 Å². The molecular weight excluding hydrogens is 465 g/mol. The molecule has 0 atom stereocenters. The molecule has 0 fully saturated rings. The van der Waals surface area contributed by atoms with E-state index in [2.05, 4.69) is 5.32 Å². The van der Waals surface area contributed by atoms with Crippen molar-refractivity contribution < 1.29 is 14.5 Å². The summed E-state index contributed by atoms with van der Waals surface area (Å²) in [5, 5.41) is 23.9. The Morgan fingerprint density at radius 3 is 2.52 bits per heavy atom. The molecule has 0 radical (unpaired) electrons. The maximum Gasteiger partial charge on any atom is 0.269 e. The number of rotatable bonds is 7. The van der Waals surface area contributed by atoms with E-state index in [1.807, 2.05) is 13.0 Å². The Bertz CT molecular complexity index is 1280.